The maximum Gasteiger partial charge on any atom is 0.311 e. The van der Waals surface area contributed by atoms with Gasteiger partial charge in [-0.05, 0) is 13.8 Å². The number of fused-ring (bicyclic) bond motifs is 1. The first kappa shape index (κ1) is 11.8. The molecular weight excluding hydrogens is 240 g/mol. The van der Waals surface area contributed by atoms with Crippen molar-refractivity contribution in [1.29, 1.82) is 0 Å². The summed E-state index contributed by atoms with van der Waals surface area (Å²) in [4.78, 5) is 28.0. The van der Waals surface area contributed by atoms with Crippen molar-refractivity contribution in [3.63, 3.8) is 0 Å². The summed E-state index contributed by atoms with van der Waals surface area (Å²) in [6.07, 6.45) is 0.0957. The van der Waals surface area contributed by atoms with Gasteiger partial charge in [0.1, 0.15) is 0 Å². The highest BCUT2D eigenvalue weighted by molar-refractivity contribution is 7.15. The molecule has 0 aromatic carbocycles. The lowest BCUT2D eigenvalue weighted by Crippen LogP contribution is -2.18. The molecule has 5 nitrogen and oxygen atoms in total. The second kappa shape index (κ2) is 4.67. The number of esters is 1. The fourth-order valence-electron chi connectivity index (χ4n) is 1.57. The summed E-state index contributed by atoms with van der Waals surface area (Å²) in [6, 6.07) is 1.45. The molecular formula is C11H12N2O3S. The van der Waals surface area contributed by atoms with Gasteiger partial charge >= 0.3 is 5.97 Å². The Balaban J connectivity index is 2.43. The van der Waals surface area contributed by atoms with Gasteiger partial charge in [-0.1, -0.05) is 0 Å². The standard InChI is InChI=1S/C11H12N2O3S/c1-3-16-10(15)5-8-6-17-11-12-7(2)4-9(14)13(8)11/h4,6H,3,5H2,1-2H3. The van der Waals surface area contributed by atoms with Crippen LogP contribution in [0.5, 0.6) is 0 Å². The Morgan fingerprint density at radius 2 is 2.35 bits per heavy atom. The van der Waals surface area contributed by atoms with E-state index >= 15 is 0 Å². The first-order valence-corrected chi connectivity index (χ1v) is 6.12. The Morgan fingerprint density at radius 1 is 1.59 bits per heavy atom. The van der Waals surface area contributed by atoms with Crippen molar-refractivity contribution in [3.8, 4) is 0 Å². The van der Waals surface area contributed by atoms with Gasteiger partial charge in [0, 0.05) is 22.8 Å². The number of hydrogen-bond donors (Lipinski definition) is 0. The average Bonchev–Trinajstić information content (AvgIpc) is 2.61. The Kier molecular flexibility index (Phi) is 3.23. The van der Waals surface area contributed by atoms with Gasteiger partial charge in [0.05, 0.1) is 13.0 Å². The number of thiazole rings is 1. The zero-order valence-electron chi connectivity index (χ0n) is 9.60. The largest absolute Gasteiger partial charge is 0.466 e. The molecule has 90 valence electrons. The van der Waals surface area contributed by atoms with Gasteiger partial charge in [-0.3, -0.25) is 14.0 Å². The third-order valence-electron chi connectivity index (χ3n) is 2.23. The van der Waals surface area contributed by atoms with Gasteiger partial charge in [-0.15, -0.1) is 11.3 Å². The molecule has 6 heteroatoms. The lowest BCUT2D eigenvalue weighted by molar-refractivity contribution is -0.142. The number of aryl methyl sites for hydroxylation is 1. The average molecular weight is 252 g/mol. The lowest BCUT2D eigenvalue weighted by Gasteiger charge is -2.01. The van der Waals surface area contributed by atoms with E-state index < -0.39 is 0 Å². The third-order valence-corrected chi connectivity index (χ3v) is 3.11. The van der Waals surface area contributed by atoms with Gasteiger partial charge in [-0.2, -0.15) is 0 Å². The second-order valence-electron chi connectivity index (χ2n) is 3.56. The van der Waals surface area contributed by atoms with E-state index in [0.29, 0.717) is 23.0 Å². The molecule has 17 heavy (non-hydrogen) atoms. The van der Waals surface area contributed by atoms with Gasteiger partial charge in [-0.25, -0.2) is 4.98 Å². The molecule has 0 atom stereocenters. The molecule has 0 bridgehead atoms. The first-order valence-electron chi connectivity index (χ1n) is 5.24. The predicted molar refractivity (Wildman–Crippen MR) is 64.4 cm³/mol. The Hall–Kier alpha value is -1.69. The molecule has 0 saturated carbocycles. The van der Waals surface area contributed by atoms with Crippen LogP contribution in [0.1, 0.15) is 18.3 Å². The molecule has 2 heterocycles. The van der Waals surface area contributed by atoms with Crippen LogP contribution in [0.3, 0.4) is 0 Å². The molecule has 2 aromatic rings. The summed E-state index contributed by atoms with van der Waals surface area (Å²) in [7, 11) is 0. The van der Waals surface area contributed by atoms with Crippen LogP contribution in [0.2, 0.25) is 0 Å². The number of nitrogens with zero attached hydrogens (tertiary/aromatic N) is 2. The number of carbonyl (C=O) groups is 1. The molecule has 2 rings (SSSR count). The van der Waals surface area contributed by atoms with E-state index in [2.05, 4.69) is 4.98 Å². The summed E-state index contributed by atoms with van der Waals surface area (Å²) in [5.41, 5.74) is 1.15. The third kappa shape index (κ3) is 2.36. The van der Waals surface area contributed by atoms with E-state index in [1.807, 2.05) is 0 Å². The van der Waals surface area contributed by atoms with Crippen LogP contribution in [0, 0.1) is 6.92 Å². The lowest BCUT2D eigenvalue weighted by atomic mass is 10.3. The molecule has 0 saturated heterocycles. The van der Waals surface area contributed by atoms with E-state index in [4.69, 9.17) is 4.74 Å². The minimum atomic E-state index is -0.334. The zero-order chi connectivity index (χ0) is 12.4. The highest BCUT2D eigenvalue weighted by Crippen LogP contribution is 2.13. The Labute approximate surface area is 102 Å². The van der Waals surface area contributed by atoms with Gasteiger partial charge in [0.2, 0.25) is 0 Å². The highest BCUT2D eigenvalue weighted by atomic mass is 32.1. The summed E-state index contributed by atoms with van der Waals surface area (Å²) < 4.78 is 6.31. The summed E-state index contributed by atoms with van der Waals surface area (Å²) in [5.74, 6) is -0.334. The van der Waals surface area contributed by atoms with Crippen molar-refractivity contribution in [2.45, 2.75) is 20.3 Å². The molecule has 0 amide bonds. The van der Waals surface area contributed by atoms with Gasteiger partial charge in [0.15, 0.2) is 4.96 Å². The summed E-state index contributed by atoms with van der Waals surface area (Å²) >= 11 is 1.35. The van der Waals surface area contributed by atoms with Crippen molar-refractivity contribution in [3.05, 3.63) is 33.2 Å². The molecule has 0 unspecified atom stereocenters. The van der Waals surface area contributed by atoms with Crippen LogP contribution in [0.4, 0.5) is 0 Å². The van der Waals surface area contributed by atoms with Crippen LogP contribution >= 0.6 is 11.3 Å². The molecule has 0 aliphatic heterocycles. The van der Waals surface area contributed by atoms with Crippen LogP contribution in [0.15, 0.2) is 16.2 Å². The smallest absolute Gasteiger partial charge is 0.311 e. The fraction of sp³-hybridized carbons (Fsp3) is 0.364. The van der Waals surface area contributed by atoms with Crippen LogP contribution in [-0.2, 0) is 16.0 Å². The van der Waals surface area contributed by atoms with Crippen molar-refractivity contribution in [2.75, 3.05) is 6.61 Å². The minimum Gasteiger partial charge on any atom is -0.466 e. The zero-order valence-corrected chi connectivity index (χ0v) is 10.4. The number of rotatable bonds is 3. The Bertz CT molecular complexity index is 615. The molecule has 0 spiro atoms. The Morgan fingerprint density at radius 3 is 3.06 bits per heavy atom. The quantitative estimate of drug-likeness (QED) is 0.769. The molecule has 0 N–H and O–H groups in total. The van der Waals surface area contributed by atoms with Crippen molar-refractivity contribution >= 4 is 22.3 Å². The van der Waals surface area contributed by atoms with Crippen molar-refractivity contribution in [2.24, 2.45) is 0 Å². The van der Waals surface area contributed by atoms with E-state index in [9.17, 15) is 9.59 Å². The van der Waals surface area contributed by atoms with Crippen LogP contribution in [-0.4, -0.2) is 22.0 Å². The number of carbonyl (C=O) groups excluding carboxylic acids is 1. The summed E-state index contributed by atoms with van der Waals surface area (Å²) in [6.45, 7) is 3.86. The highest BCUT2D eigenvalue weighted by Gasteiger charge is 2.11. The second-order valence-corrected chi connectivity index (χ2v) is 4.40. The summed E-state index contributed by atoms with van der Waals surface area (Å²) in [5, 5.41) is 1.76. The fourth-order valence-corrected chi connectivity index (χ4v) is 2.51. The first-order chi connectivity index (χ1) is 8.11. The van der Waals surface area contributed by atoms with Gasteiger partial charge < -0.3 is 4.74 Å². The van der Waals surface area contributed by atoms with Gasteiger partial charge in [0.25, 0.3) is 5.56 Å². The number of hydrogen-bond acceptors (Lipinski definition) is 5. The van der Waals surface area contributed by atoms with E-state index in [-0.39, 0.29) is 17.9 Å². The molecule has 2 aromatic heterocycles. The van der Waals surface area contributed by atoms with E-state index in [1.54, 1.807) is 19.2 Å². The molecule has 0 aliphatic carbocycles. The maximum atomic E-state index is 11.8. The number of ether oxygens (including phenoxy) is 1. The topological polar surface area (TPSA) is 60.7 Å². The van der Waals surface area contributed by atoms with E-state index in [1.165, 1.54) is 21.8 Å². The van der Waals surface area contributed by atoms with E-state index in [0.717, 1.165) is 0 Å². The molecule has 0 aliphatic rings. The number of aromatic nitrogens is 2. The SMILES string of the molecule is CCOC(=O)Cc1csc2nc(C)cc(=O)n12. The van der Waals surface area contributed by atoms with Crippen LogP contribution < -0.4 is 5.56 Å². The van der Waals surface area contributed by atoms with Crippen molar-refractivity contribution in [1.82, 2.24) is 9.38 Å². The monoisotopic (exact) mass is 252 g/mol. The molecule has 0 fully saturated rings. The maximum absolute atomic E-state index is 11.8. The minimum absolute atomic E-state index is 0.0957. The molecule has 0 radical (unpaired) electrons. The van der Waals surface area contributed by atoms with Crippen LogP contribution in [0.25, 0.3) is 4.96 Å². The van der Waals surface area contributed by atoms with Crippen molar-refractivity contribution < 1.29 is 9.53 Å². The normalized spacial score (nSPS) is 10.7. The predicted octanol–water partition coefficient (Wildman–Crippen LogP) is 1.17.